The minimum absolute atomic E-state index is 0.221. The van der Waals surface area contributed by atoms with E-state index in [4.69, 9.17) is 4.42 Å². The van der Waals surface area contributed by atoms with E-state index in [-0.39, 0.29) is 5.82 Å². The fourth-order valence-electron chi connectivity index (χ4n) is 1.55. The molecule has 0 amide bonds. The Labute approximate surface area is 88.1 Å². The van der Waals surface area contributed by atoms with Crippen molar-refractivity contribution in [3.05, 3.63) is 35.8 Å². The first-order chi connectivity index (χ1) is 7.18. The molecule has 0 aliphatic carbocycles. The van der Waals surface area contributed by atoms with Crippen molar-refractivity contribution in [2.24, 2.45) is 0 Å². The lowest BCUT2D eigenvalue weighted by atomic mass is 10.1. The topological polar surface area (TPSA) is 25.2 Å². The number of halogens is 1. The molecule has 2 rings (SSSR count). The van der Waals surface area contributed by atoms with Crippen LogP contribution in [0.15, 0.2) is 28.9 Å². The highest BCUT2D eigenvalue weighted by atomic mass is 19.1. The molecule has 3 heteroatoms. The van der Waals surface area contributed by atoms with Gasteiger partial charge in [0.1, 0.15) is 11.4 Å². The number of benzene rings is 1. The number of nitrogens with one attached hydrogen (secondary N) is 1. The second-order valence-electron chi connectivity index (χ2n) is 3.91. The predicted molar refractivity (Wildman–Crippen MR) is 58.1 cm³/mol. The van der Waals surface area contributed by atoms with E-state index < -0.39 is 0 Å². The average Bonchev–Trinajstić information content (AvgIpc) is 2.59. The van der Waals surface area contributed by atoms with Crippen LogP contribution in [0, 0.1) is 5.82 Å². The van der Waals surface area contributed by atoms with Crippen LogP contribution in [0.2, 0.25) is 0 Å². The maximum absolute atomic E-state index is 13.5. The molecule has 0 spiro atoms. The molecule has 1 aromatic carbocycles. The minimum Gasteiger partial charge on any atom is -0.464 e. The first-order valence-corrected chi connectivity index (χ1v) is 5.06. The Hall–Kier alpha value is -1.35. The first-order valence-electron chi connectivity index (χ1n) is 5.06. The van der Waals surface area contributed by atoms with Crippen LogP contribution in [0.1, 0.15) is 19.4 Å². The van der Waals surface area contributed by atoms with Gasteiger partial charge in [-0.05, 0) is 12.1 Å². The molecule has 0 fully saturated rings. The minimum atomic E-state index is -0.221. The Morgan fingerprint density at radius 3 is 2.93 bits per heavy atom. The molecule has 0 bridgehead atoms. The molecule has 0 saturated carbocycles. The third kappa shape index (κ3) is 2.02. The van der Waals surface area contributed by atoms with Gasteiger partial charge in [-0.15, -0.1) is 0 Å². The lowest BCUT2D eigenvalue weighted by molar-refractivity contribution is 0.572. The Bertz CT molecular complexity index is 462. The fraction of sp³-hybridized carbons (Fsp3) is 0.333. The Kier molecular flexibility index (Phi) is 2.73. The third-order valence-corrected chi connectivity index (χ3v) is 2.33. The average molecular weight is 207 g/mol. The molecule has 80 valence electrons. The summed E-state index contributed by atoms with van der Waals surface area (Å²) in [6.07, 6.45) is 1.61. The van der Waals surface area contributed by atoms with E-state index in [1.54, 1.807) is 18.4 Å². The van der Waals surface area contributed by atoms with Crippen molar-refractivity contribution in [2.75, 3.05) is 0 Å². The maximum atomic E-state index is 13.5. The predicted octanol–water partition coefficient (Wildman–Crippen LogP) is 3.07. The van der Waals surface area contributed by atoms with Crippen molar-refractivity contribution >= 4 is 11.0 Å². The highest BCUT2D eigenvalue weighted by Crippen LogP contribution is 2.23. The van der Waals surface area contributed by atoms with E-state index in [1.807, 2.05) is 0 Å². The standard InChI is InChI=1S/C12H14FNO/c1-8(2)14-6-9-7-15-11-5-3-4-10(13)12(9)11/h3-5,7-8,14H,6H2,1-2H3. The van der Waals surface area contributed by atoms with Crippen molar-refractivity contribution in [2.45, 2.75) is 26.4 Å². The number of hydrogen-bond donors (Lipinski definition) is 1. The highest BCUT2D eigenvalue weighted by molar-refractivity contribution is 5.81. The van der Waals surface area contributed by atoms with E-state index in [1.165, 1.54) is 6.07 Å². The molecule has 1 heterocycles. The number of fused-ring (bicyclic) bond motifs is 1. The zero-order valence-electron chi connectivity index (χ0n) is 8.88. The van der Waals surface area contributed by atoms with Crippen LogP contribution >= 0.6 is 0 Å². The van der Waals surface area contributed by atoms with Gasteiger partial charge in [-0.25, -0.2) is 4.39 Å². The lowest BCUT2D eigenvalue weighted by Crippen LogP contribution is -2.21. The Morgan fingerprint density at radius 1 is 1.40 bits per heavy atom. The molecule has 0 aliphatic heterocycles. The summed E-state index contributed by atoms with van der Waals surface area (Å²) in [7, 11) is 0. The van der Waals surface area contributed by atoms with Gasteiger partial charge in [-0.2, -0.15) is 0 Å². The van der Waals surface area contributed by atoms with Gasteiger partial charge in [0.25, 0.3) is 0 Å². The van der Waals surface area contributed by atoms with Crippen molar-refractivity contribution in [1.82, 2.24) is 5.32 Å². The number of furan rings is 1. The molecule has 0 aliphatic rings. The summed E-state index contributed by atoms with van der Waals surface area (Å²) in [6.45, 7) is 4.74. The lowest BCUT2D eigenvalue weighted by Gasteiger charge is -2.06. The quantitative estimate of drug-likeness (QED) is 0.836. The van der Waals surface area contributed by atoms with Gasteiger partial charge in [-0.3, -0.25) is 0 Å². The normalized spacial score (nSPS) is 11.5. The molecule has 1 N–H and O–H groups in total. The van der Waals surface area contributed by atoms with Crippen LogP contribution in [0.25, 0.3) is 11.0 Å². The van der Waals surface area contributed by atoms with Crippen molar-refractivity contribution in [3.63, 3.8) is 0 Å². The highest BCUT2D eigenvalue weighted by Gasteiger charge is 2.09. The van der Waals surface area contributed by atoms with E-state index in [0.717, 1.165) is 5.56 Å². The molecule has 0 atom stereocenters. The second-order valence-corrected chi connectivity index (χ2v) is 3.91. The zero-order valence-corrected chi connectivity index (χ0v) is 8.88. The summed E-state index contributed by atoms with van der Waals surface area (Å²) in [4.78, 5) is 0. The number of rotatable bonds is 3. The van der Waals surface area contributed by atoms with Crippen LogP contribution in [-0.2, 0) is 6.54 Å². The van der Waals surface area contributed by atoms with Gasteiger partial charge in [0.05, 0.1) is 11.6 Å². The van der Waals surface area contributed by atoms with Crippen LogP contribution in [-0.4, -0.2) is 6.04 Å². The van der Waals surface area contributed by atoms with E-state index in [9.17, 15) is 4.39 Å². The van der Waals surface area contributed by atoms with Crippen molar-refractivity contribution < 1.29 is 8.81 Å². The summed E-state index contributed by atoms with van der Waals surface area (Å²) in [5.74, 6) is -0.221. The molecule has 0 radical (unpaired) electrons. The molecule has 0 unspecified atom stereocenters. The van der Waals surface area contributed by atoms with Crippen LogP contribution in [0.5, 0.6) is 0 Å². The molecule has 0 saturated heterocycles. The first kappa shape index (κ1) is 10.2. The fourth-order valence-corrected chi connectivity index (χ4v) is 1.55. The van der Waals surface area contributed by atoms with Gasteiger partial charge < -0.3 is 9.73 Å². The maximum Gasteiger partial charge on any atom is 0.137 e. The van der Waals surface area contributed by atoms with Gasteiger partial charge in [-0.1, -0.05) is 19.9 Å². The summed E-state index contributed by atoms with van der Waals surface area (Å²) >= 11 is 0. The van der Waals surface area contributed by atoms with Crippen molar-refractivity contribution in [1.29, 1.82) is 0 Å². The van der Waals surface area contributed by atoms with E-state index in [2.05, 4.69) is 19.2 Å². The third-order valence-electron chi connectivity index (χ3n) is 2.33. The molecule has 2 nitrogen and oxygen atoms in total. The van der Waals surface area contributed by atoms with Crippen LogP contribution in [0.3, 0.4) is 0 Å². The molecular formula is C12H14FNO. The molecule has 2 aromatic rings. The number of hydrogen-bond acceptors (Lipinski definition) is 2. The van der Waals surface area contributed by atoms with Gasteiger partial charge >= 0.3 is 0 Å². The summed E-state index contributed by atoms with van der Waals surface area (Å²) in [5, 5.41) is 3.83. The monoisotopic (exact) mass is 207 g/mol. The largest absolute Gasteiger partial charge is 0.464 e. The summed E-state index contributed by atoms with van der Waals surface area (Å²) in [5.41, 5.74) is 1.48. The molecule has 1 aromatic heterocycles. The Morgan fingerprint density at radius 2 is 2.20 bits per heavy atom. The molecular weight excluding hydrogens is 193 g/mol. The smallest absolute Gasteiger partial charge is 0.137 e. The van der Waals surface area contributed by atoms with Gasteiger partial charge in [0.15, 0.2) is 0 Å². The van der Waals surface area contributed by atoms with Crippen molar-refractivity contribution in [3.8, 4) is 0 Å². The molecule has 15 heavy (non-hydrogen) atoms. The van der Waals surface area contributed by atoms with Gasteiger partial charge in [0.2, 0.25) is 0 Å². The second kappa shape index (κ2) is 4.03. The summed E-state index contributed by atoms with van der Waals surface area (Å²) in [6, 6.07) is 5.26. The zero-order chi connectivity index (χ0) is 10.8. The SMILES string of the molecule is CC(C)NCc1coc2cccc(F)c12. The summed E-state index contributed by atoms with van der Waals surface area (Å²) < 4.78 is 18.8. The van der Waals surface area contributed by atoms with Crippen LogP contribution in [0.4, 0.5) is 4.39 Å². The van der Waals surface area contributed by atoms with Crippen LogP contribution < -0.4 is 5.32 Å². The van der Waals surface area contributed by atoms with E-state index in [0.29, 0.717) is 23.6 Å². The Balaban J connectivity index is 2.35. The van der Waals surface area contributed by atoms with E-state index >= 15 is 0 Å². The van der Waals surface area contributed by atoms with Gasteiger partial charge in [0, 0.05) is 18.2 Å².